The van der Waals surface area contributed by atoms with Crippen molar-refractivity contribution in [3.63, 3.8) is 0 Å². The zero-order chi connectivity index (χ0) is 20.1. The number of ether oxygens (including phenoxy) is 2. The van der Waals surface area contributed by atoms with E-state index in [1.165, 1.54) is 0 Å². The fourth-order valence-electron chi connectivity index (χ4n) is 3.22. The summed E-state index contributed by atoms with van der Waals surface area (Å²) in [6, 6.07) is 20.1. The van der Waals surface area contributed by atoms with Crippen molar-refractivity contribution in [2.45, 2.75) is 20.0 Å². The van der Waals surface area contributed by atoms with Gasteiger partial charge in [0.15, 0.2) is 0 Å². The minimum atomic E-state index is 0.0899. The zero-order valence-electron chi connectivity index (χ0n) is 16.8. The molecule has 6 heteroatoms. The highest BCUT2D eigenvalue weighted by Gasteiger charge is 2.17. The molecule has 1 saturated heterocycles. The van der Waals surface area contributed by atoms with E-state index in [1.807, 2.05) is 62.4 Å². The van der Waals surface area contributed by atoms with Crippen molar-refractivity contribution >= 4 is 17.5 Å². The number of aromatic nitrogens is 2. The molecule has 4 rings (SSSR count). The number of rotatable bonds is 6. The summed E-state index contributed by atoms with van der Waals surface area (Å²) >= 11 is 0. The number of hydrogen-bond acceptors (Lipinski definition) is 6. The van der Waals surface area contributed by atoms with Crippen molar-refractivity contribution in [1.29, 1.82) is 0 Å². The zero-order valence-corrected chi connectivity index (χ0v) is 16.8. The molecule has 0 spiro atoms. The SMILES string of the molecule is CC(C)Oc1ccccc1Nc1cc(-c2ccccc2)nc(N2CCOCC2)n1. The molecule has 6 nitrogen and oxygen atoms in total. The third kappa shape index (κ3) is 4.84. The normalized spacial score (nSPS) is 14.1. The predicted octanol–water partition coefficient (Wildman–Crippen LogP) is 4.51. The summed E-state index contributed by atoms with van der Waals surface area (Å²) in [7, 11) is 0. The molecule has 1 aliphatic rings. The van der Waals surface area contributed by atoms with Crippen molar-refractivity contribution in [1.82, 2.24) is 9.97 Å². The van der Waals surface area contributed by atoms with Crippen LogP contribution in [0.5, 0.6) is 5.75 Å². The van der Waals surface area contributed by atoms with Crippen LogP contribution >= 0.6 is 0 Å². The van der Waals surface area contributed by atoms with E-state index < -0.39 is 0 Å². The molecule has 0 atom stereocenters. The highest BCUT2D eigenvalue weighted by atomic mass is 16.5. The molecule has 3 aromatic rings. The van der Waals surface area contributed by atoms with E-state index in [4.69, 9.17) is 19.4 Å². The van der Waals surface area contributed by atoms with E-state index in [-0.39, 0.29) is 6.10 Å². The van der Waals surface area contributed by atoms with Crippen LogP contribution in [0, 0.1) is 0 Å². The Morgan fingerprint density at radius 3 is 2.45 bits per heavy atom. The number of nitrogens with one attached hydrogen (secondary N) is 1. The van der Waals surface area contributed by atoms with Crippen LogP contribution in [0.15, 0.2) is 60.7 Å². The molecule has 0 radical (unpaired) electrons. The number of benzene rings is 2. The first-order chi connectivity index (χ1) is 14.2. The van der Waals surface area contributed by atoms with E-state index >= 15 is 0 Å². The van der Waals surface area contributed by atoms with Gasteiger partial charge < -0.3 is 19.7 Å². The molecular formula is C23H26N4O2. The van der Waals surface area contributed by atoms with Crippen LogP contribution in [0.2, 0.25) is 0 Å². The van der Waals surface area contributed by atoms with Crippen molar-refractivity contribution in [3.05, 3.63) is 60.7 Å². The topological polar surface area (TPSA) is 59.5 Å². The van der Waals surface area contributed by atoms with Crippen LogP contribution in [0.3, 0.4) is 0 Å². The Kier molecular flexibility index (Phi) is 5.91. The largest absolute Gasteiger partial charge is 0.489 e. The van der Waals surface area contributed by atoms with Gasteiger partial charge >= 0.3 is 0 Å². The molecule has 29 heavy (non-hydrogen) atoms. The summed E-state index contributed by atoms with van der Waals surface area (Å²) < 4.78 is 11.4. The van der Waals surface area contributed by atoms with Gasteiger partial charge in [-0.25, -0.2) is 4.98 Å². The third-order valence-corrected chi connectivity index (χ3v) is 4.59. The fraction of sp³-hybridized carbons (Fsp3) is 0.304. The van der Waals surface area contributed by atoms with Gasteiger partial charge in [-0.2, -0.15) is 4.98 Å². The van der Waals surface area contributed by atoms with Gasteiger partial charge in [-0.3, -0.25) is 0 Å². The highest BCUT2D eigenvalue weighted by molar-refractivity contribution is 5.70. The molecule has 1 fully saturated rings. The maximum absolute atomic E-state index is 5.95. The summed E-state index contributed by atoms with van der Waals surface area (Å²) in [5, 5.41) is 3.43. The van der Waals surface area contributed by atoms with E-state index in [9.17, 15) is 0 Å². The summed E-state index contributed by atoms with van der Waals surface area (Å²) in [5.41, 5.74) is 2.82. The molecular weight excluding hydrogens is 364 g/mol. The van der Waals surface area contributed by atoms with E-state index in [1.54, 1.807) is 0 Å². The average molecular weight is 390 g/mol. The quantitative estimate of drug-likeness (QED) is 0.668. The monoisotopic (exact) mass is 390 g/mol. The Balaban J connectivity index is 1.71. The van der Waals surface area contributed by atoms with Crippen LogP contribution in [0.1, 0.15) is 13.8 Å². The lowest BCUT2D eigenvalue weighted by Crippen LogP contribution is -2.37. The van der Waals surface area contributed by atoms with Crippen molar-refractivity contribution in [2.75, 3.05) is 36.5 Å². The first-order valence-electron chi connectivity index (χ1n) is 9.99. The van der Waals surface area contributed by atoms with Crippen molar-refractivity contribution in [3.8, 4) is 17.0 Å². The van der Waals surface area contributed by atoms with Crippen LogP contribution in [-0.4, -0.2) is 42.4 Å². The Hall–Kier alpha value is -3.12. The van der Waals surface area contributed by atoms with Gasteiger partial charge in [-0.15, -0.1) is 0 Å². The molecule has 1 aliphatic heterocycles. The maximum Gasteiger partial charge on any atom is 0.228 e. The second-order valence-electron chi connectivity index (χ2n) is 7.19. The van der Waals surface area contributed by atoms with Gasteiger partial charge in [0, 0.05) is 24.7 Å². The molecule has 0 bridgehead atoms. The van der Waals surface area contributed by atoms with E-state index in [0.717, 1.165) is 41.6 Å². The molecule has 0 saturated carbocycles. The van der Waals surface area contributed by atoms with Gasteiger partial charge in [0.25, 0.3) is 0 Å². The van der Waals surface area contributed by atoms with Crippen molar-refractivity contribution in [2.24, 2.45) is 0 Å². The predicted molar refractivity (Wildman–Crippen MR) is 116 cm³/mol. The second kappa shape index (κ2) is 8.92. The highest BCUT2D eigenvalue weighted by Crippen LogP contribution is 2.30. The second-order valence-corrected chi connectivity index (χ2v) is 7.19. The fourth-order valence-corrected chi connectivity index (χ4v) is 3.22. The maximum atomic E-state index is 5.95. The smallest absolute Gasteiger partial charge is 0.228 e. The van der Waals surface area contributed by atoms with Gasteiger partial charge in [0.1, 0.15) is 11.6 Å². The minimum absolute atomic E-state index is 0.0899. The van der Waals surface area contributed by atoms with Crippen LogP contribution in [0.4, 0.5) is 17.5 Å². The molecule has 2 aromatic carbocycles. The summed E-state index contributed by atoms with van der Waals surface area (Å²) in [6.07, 6.45) is 0.0899. The molecule has 0 aliphatic carbocycles. The molecule has 0 unspecified atom stereocenters. The average Bonchev–Trinajstić information content (AvgIpc) is 2.76. The molecule has 0 amide bonds. The van der Waals surface area contributed by atoms with Gasteiger partial charge in [0.05, 0.1) is 30.7 Å². The molecule has 1 N–H and O–H groups in total. The lowest BCUT2D eigenvalue weighted by Gasteiger charge is -2.27. The first kappa shape index (κ1) is 19.2. The number of para-hydroxylation sites is 2. The Morgan fingerprint density at radius 2 is 1.69 bits per heavy atom. The number of morpholine rings is 1. The number of anilines is 3. The lowest BCUT2D eigenvalue weighted by atomic mass is 10.1. The van der Waals surface area contributed by atoms with Crippen LogP contribution < -0.4 is 15.0 Å². The summed E-state index contributed by atoms with van der Waals surface area (Å²) in [4.78, 5) is 11.8. The Bertz CT molecular complexity index is 941. The summed E-state index contributed by atoms with van der Waals surface area (Å²) in [5.74, 6) is 2.25. The number of nitrogens with zero attached hydrogens (tertiary/aromatic N) is 3. The standard InChI is InChI=1S/C23H26N4O2/c1-17(2)29-21-11-7-6-10-19(21)24-22-16-20(18-8-4-3-5-9-18)25-23(26-22)27-12-14-28-15-13-27/h3-11,16-17H,12-15H2,1-2H3,(H,24,25,26). The van der Waals surface area contributed by atoms with E-state index in [0.29, 0.717) is 19.2 Å². The van der Waals surface area contributed by atoms with Gasteiger partial charge in [-0.1, -0.05) is 42.5 Å². The Labute approximate surface area is 171 Å². The van der Waals surface area contributed by atoms with Gasteiger partial charge in [0.2, 0.25) is 5.95 Å². The summed E-state index contributed by atoms with van der Waals surface area (Å²) in [6.45, 7) is 6.98. The number of hydrogen-bond donors (Lipinski definition) is 1. The van der Waals surface area contributed by atoms with Crippen LogP contribution in [0.25, 0.3) is 11.3 Å². The van der Waals surface area contributed by atoms with Crippen molar-refractivity contribution < 1.29 is 9.47 Å². The molecule has 1 aromatic heterocycles. The van der Waals surface area contributed by atoms with Gasteiger partial charge in [-0.05, 0) is 26.0 Å². The first-order valence-corrected chi connectivity index (χ1v) is 9.99. The molecule has 150 valence electrons. The van der Waals surface area contributed by atoms with E-state index in [2.05, 4.69) is 22.3 Å². The minimum Gasteiger partial charge on any atom is -0.489 e. The van der Waals surface area contributed by atoms with Crippen LogP contribution in [-0.2, 0) is 4.74 Å². The molecule has 2 heterocycles. The third-order valence-electron chi connectivity index (χ3n) is 4.59. The Morgan fingerprint density at radius 1 is 0.966 bits per heavy atom. The lowest BCUT2D eigenvalue weighted by molar-refractivity contribution is 0.122.